The highest BCUT2D eigenvalue weighted by molar-refractivity contribution is 5.96. The third-order valence-corrected chi connectivity index (χ3v) is 3.38. The van der Waals surface area contributed by atoms with E-state index in [-0.39, 0.29) is 0 Å². The number of hydrogen-bond acceptors (Lipinski definition) is 2. The maximum atomic E-state index is 4.37. The zero-order chi connectivity index (χ0) is 12.7. The van der Waals surface area contributed by atoms with Crippen LogP contribution in [-0.2, 0) is 7.05 Å². The molecule has 0 saturated heterocycles. The van der Waals surface area contributed by atoms with Crippen LogP contribution in [0.5, 0.6) is 0 Å². The predicted molar refractivity (Wildman–Crippen MR) is 73.4 cm³/mol. The van der Waals surface area contributed by atoms with Gasteiger partial charge in [0.1, 0.15) is 12.0 Å². The van der Waals surface area contributed by atoms with Crippen LogP contribution in [-0.4, -0.2) is 14.5 Å². The number of aromatic nitrogens is 3. The number of aryl methyl sites for hydroxylation is 3. The van der Waals surface area contributed by atoms with Gasteiger partial charge < -0.3 is 4.57 Å². The topological polar surface area (TPSA) is 30.7 Å². The third kappa shape index (κ3) is 1.51. The summed E-state index contributed by atoms with van der Waals surface area (Å²) in [5, 5.41) is 1.15. The van der Waals surface area contributed by atoms with E-state index in [0.29, 0.717) is 0 Å². The van der Waals surface area contributed by atoms with Crippen LogP contribution in [0.1, 0.15) is 11.3 Å². The minimum atomic E-state index is 0.987. The van der Waals surface area contributed by atoms with Crippen molar-refractivity contribution < 1.29 is 0 Å². The molecule has 3 nitrogen and oxygen atoms in total. The fraction of sp³-hybridized carbons (Fsp3) is 0.200. The Morgan fingerprint density at radius 1 is 1.00 bits per heavy atom. The summed E-state index contributed by atoms with van der Waals surface area (Å²) >= 11 is 0. The Morgan fingerprint density at radius 3 is 2.56 bits per heavy atom. The summed E-state index contributed by atoms with van der Waals surface area (Å²) in [6, 6.07) is 8.41. The molecule has 18 heavy (non-hydrogen) atoms. The number of benzene rings is 1. The molecule has 0 aliphatic heterocycles. The molecule has 3 rings (SSSR count). The van der Waals surface area contributed by atoms with Crippen LogP contribution in [0.4, 0.5) is 0 Å². The quantitative estimate of drug-likeness (QED) is 0.650. The van der Waals surface area contributed by atoms with Crippen LogP contribution in [0, 0.1) is 13.8 Å². The maximum Gasteiger partial charge on any atom is 0.143 e. The van der Waals surface area contributed by atoms with Crippen LogP contribution in [0.2, 0.25) is 0 Å². The van der Waals surface area contributed by atoms with Gasteiger partial charge in [-0.2, -0.15) is 0 Å². The van der Waals surface area contributed by atoms with E-state index < -0.39 is 0 Å². The van der Waals surface area contributed by atoms with Crippen molar-refractivity contribution in [1.82, 2.24) is 14.5 Å². The Balaban J connectivity index is 2.41. The predicted octanol–water partition coefficient (Wildman–Crippen LogP) is 3.25. The highest BCUT2D eigenvalue weighted by Gasteiger charge is 2.13. The Bertz CT molecular complexity index is 726. The summed E-state index contributed by atoms with van der Waals surface area (Å²) in [5.41, 5.74) is 5.75. The van der Waals surface area contributed by atoms with Crippen LogP contribution < -0.4 is 0 Å². The van der Waals surface area contributed by atoms with Gasteiger partial charge in [-0.15, -0.1) is 0 Å². The molecule has 2 aromatic heterocycles. The van der Waals surface area contributed by atoms with E-state index in [1.165, 1.54) is 16.7 Å². The first-order chi connectivity index (χ1) is 8.68. The lowest BCUT2D eigenvalue weighted by molar-refractivity contribution is 0.941. The van der Waals surface area contributed by atoms with E-state index in [1.807, 2.05) is 14.0 Å². The van der Waals surface area contributed by atoms with Crippen molar-refractivity contribution in [3.8, 4) is 11.1 Å². The molecule has 2 heterocycles. The Hall–Kier alpha value is -2.16. The molecule has 0 unspecified atom stereocenters. The lowest BCUT2D eigenvalue weighted by Gasteiger charge is -2.04. The summed E-state index contributed by atoms with van der Waals surface area (Å²) in [6.07, 6.45) is 3.76. The molecule has 90 valence electrons. The summed E-state index contributed by atoms with van der Waals surface area (Å²) in [6.45, 7) is 4.17. The second-order valence-electron chi connectivity index (χ2n) is 4.63. The molecule has 3 heteroatoms. The average Bonchev–Trinajstić information content (AvgIpc) is 2.69. The lowest BCUT2D eigenvalue weighted by Crippen LogP contribution is -1.90. The molecule has 3 aromatic rings. The largest absolute Gasteiger partial charge is 0.335 e. The molecule has 0 aliphatic carbocycles. The van der Waals surface area contributed by atoms with E-state index in [1.54, 1.807) is 6.33 Å². The Morgan fingerprint density at radius 2 is 1.78 bits per heavy atom. The van der Waals surface area contributed by atoms with Gasteiger partial charge in [-0.3, -0.25) is 0 Å². The molecule has 0 radical (unpaired) electrons. The van der Waals surface area contributed by atoms with Crippen LogP contribution in [0.3, 0.4) is 0 Å². The second kappa shape index (κ2) is 3.95. The van der Waals surface area contributed by atoms with Crippen molar-refractivity contribution in [1.29, 1.82) is 0 Å². The van der Waals surface area contributed by atoms with Crippen LogP contribution in [0.15, 0.2) is 36.8 Å². The minimum absolute atomic E-state index is 0.987. The highest BCUT2D eigenvalue weighted by Crippen LogP contribution is 2.32. The van der Waals surface area contributed by atoms with Gasteiger partial charge in [-0.1, -0.05) is 24.3 Å². The van der Waals surface area contributed by atoms with E-state index in [0.717, 1.165) is 16.7 Å². The fourth-order valence-electron chi connectivity index (χ4n) is 2.44. The van der Waals surface area contributed by atoms with Crippen molar-refractivity contribution >= 4 is 11.0 Å². The van der Waals surface area contributed by atoms with E-state index in [9.17, 15) is 0 Å². The molecular formula is C15H15N3. The highest BCUT2D eigenvalue weighted by atomic mass is 15.0. The number of fused-ring (bicyclic) bond motifs is 1. The second-order valence-corrected chi connectivity index (χ2v) is 4.63. The number of nitrogens with zero attached hydrogens (tertiary/aromatic N) is 3. The van der Waals surface area contributed by atoms with Crippen LogP contribution in [0.25, 0.3) is 22.2 Å². The molecule has 0 amide bonds. The Labute approximate surface area is 106 Å². The molecule has 0 spiro atoms. The van der Waals surface area contributed by atoms with Gasteiger partial charge >= 0.3 is 0 Å². The van der Waals surface area contributed by atoms with Crippen molar-refractivity contribution in [3.63, 3.8) is 0 Å². The summed E-state index contributed by atoms with van der Waals surface area (Å²) in [7, 11) is 2.02. The molecule has 0 fully saturated rings. The first kappa shape index (κ1) is 11.0. The van der Waals surface area contributed by atoms with Gasteiger partial charge in [0.2, 0.25) is 0 Å². The van der Waals surface area contributed by atoms with Crippen LogP contribution >= 0.6 is 0 Å². The SMILES string of the molecule is Cc1ccccc1-c1cn(C)c2ncnc(C)c12. The zero-order valence-corrected chi connectivity index (χ0v) is 10.8. The van der Waals surface area contributed by atoms with Gasteiger partial charge in [0.15, 0.2) is 0 Å². The first-order valence-electron chi connectivity index (χ1n) is 6.01. The van der Waals surface area contributed by atoms with E-state index in [4.69, 9.17) is 0 Å². The molecule has 0 bridgehead atoms. The lowest BCUT2D eigenvalue weighted by atomic mass is 10.0. The average molecular weight is 237 g/mol. The smallest absolute Gasteiger partial charge is 0.143 e. The first-order valence-corrected chi connectivity index (χ1v) is 6.01. The molecule has 0 N–H and O–H groups in total. The normalized spacial score (nSPS) is 11.1. The van der Waals surface area contributed by atoms with Gasteiger partial charge in [0, 0.05) is 24.2 Å². The minimum Gasteiger partial charge on any atom is -0.335 e. The van der Waals surface area contributed by atoms with Crippen molar-refractivity contribution in [2.24, 2.45) is 7.05 Å². The van der Waals surface area contributed by atoms with E-state index >= 15 is 0 Å². The molecule has 0 atom stereocenters. The number of hydrogen-bond donors (Lipinski definition) is 0. The van der Waals surface area contributed by atoms with Crippen molar-refractivity contribution in [2.75, 3.05) is 0 Å². The molecular weight excluding hydrogens is 222 g/mol. The monoisotopic (exact) mass is 237 g/mol. The summed E-state index contributed by atoms with van der Waals surface area (Å²) in [4.78, 5) is 8.68. The summed E-state index contributed by atoms with van der Waals surface area (Å²) in [5.74, 6) is 0. The van der Waals surface area contributed by atoms with Crippen molar-refractivity contribution in [3.05, 3.63) is 48.0 Å². The van der Waals surface area contributed by atoms with E-state index in [2.05, 4.69) is 51.9 Å². The molecule has 1 aromatic carbocycles. The maximum absolute atomic E-state index is 4.37. The fourth-order valence-corrected chi connectivity index (χ4v) is 2.44. The van der Waals surface area contributed by atoms with Gasteiger partial charge in [0.25, 0.3) is 0 Å². The summed E-state index contributed by atoms with van der Waals surface area (Å²) < 4.78 is 2.06. The van der Waals surface area contributed by atoms with Gasteiger partial charge in [-0.25, -0.2) is 9.97 Å². The van der Waals surface area contributed by atoms with Gasteiger partial charge in [-0.05, 0) is 25.0 Å². The van der Waals surface area contributed by atoms with Crippen molar-refractivity contribution in [2.45, 2.75) is 13.8 Å². The molecule has 0 aliphatic rings. The Kier molecular flexibility index (Phi) is 2.40. The standard InChI is InChI=1S/C15H15N3/c1-10-6-4-5-7-12(10)13-8-18(3)15-14(13)11(2)16-9-17-15/h4-9H,1-3H3. The van der Waals surface area contributed by atoms with Gasteiger partial charge in [0.05, 0.1) is 5.69 Å². The third-order valence-electron chi connectivity index (χ3n) is 3.38. The zero-order valence-electron chi connectivity index (χ0n) is 10.8. The molecule has 0 saturated carbocycles. The number of rotatable bonds is 1.